The Hall–Kier alpha value is -3.58. The number of carbonyl (C=O) groups excluding carboxylic acids is 1. The molecule has 3 aromatic carbocycles. The fourth-order valence-corrected chi connectivity index (χ4v) is 4.02. The molecule has 0 saturated carbocycles. The van der Waals surface area contributed by atoms with E-state index < -0.39 is 0 Å². The molecule has 0 atom stereocenters. The predicted molar refractivity (Wildman–Crippen MR) is 127 cm³/mol. The summed E-state index contributed by atoms with van der Waals surface area (Å²) in [6.07, 6.45) is 0. The number of amides is 1. The van der Waals surface area contributed by atoms with Gasteiger partial charge < -0.3 is 10.1 Å². The van der Waals surface area contributed by atoms with Crippen LogP contribution in [0.2, 0.25) is 0 Å². The maximum absolute atomic E-state index is 12.5. The molecule has 1 amide bonds. The number of rotatable bonds is 8. The second-order valence-electron chi connectivity index (χ2n) is 7.33. The van der Waals surface area contributed by atoms with Crippen LogP contribution in [0.15, 0.2) is 84.0 Å². The van der Waals surface area contributed by atoms with Crippen LogP contribution in [-0.4, -0.2) is 26.4 Å². The van der Waals surface area contributed by atoms with E-state index in [9.17, 15) is 4.79 Å². The summed E-state index contributed by atoms with van der Waals surface area (Å²) >= 11 is 1.35. The van der Waals surface area contributed by atoms with Gasteiger partial charge in [-0.2, -0.15) is 0 Å². The van der Waals surface area contributed by atoms with Gasteiger partial charge in [0.1, 0.15) is 12.4 Å². The number of aryl methyl sites for hydroxylation is 2. The van der Waals surface area contributed by atoms with E-state index in [0.717, 1.165) is 28.3 Å². The molecule has 0 saturated heterocycles. The van der Waals surface area contributed by atoms with E-state index in [0.29, 0.717) is 11.0 Å². The highest BCUT2D eigenvalue weighted by Crippen LogP contribution is 2.25. The Morgan fingerprint density at radius 1 is 0.969 bits per heavy atom. The SMILES string of the molecule is Cc1cccc(NC(=O)CSc2nnc(COc3ccccc3)n2-c2ccccc2C)c1. The van der Waals surface area contributed by atoms with Gasteiger partial charge >= 0.3 is 0 Å². The summed E-state index contributed by atoms with van der Waals surface area (Å²) in [5.74, 6) is 1.56. The van der Waals surface area contributed by atoms with Gasteiger partial charge in [0.25, 0.3) is 0 Å². The van der Waals surface area contributed by atoms with E-state index in [1.54, 1.807) is 0 Å². The van der Waals surface area contributed by atoms with Crippen LogP contribution in [0.1, 0.15) is 17.0 Å². The van der Waals surface area contributed by atoms with Crippen molar-refractivity contribution < 1.29 is 9.53 Å². The molecule has 0 radical (unpaired) electrons. The molecule has 162 valence electrons. The number of ether oxygens (including phenoxy) is 1. The Morgan fingerprint density at radius 3 is 2.53 bits per heavy atom. The zero-order chi connectivity index (χ0) is 22.3. The molecule has 6 nitrogen and oxygen atoms in total. The molecule has 32 heavy (non-hydrogen) atoms. The summed E-state index contributed by atoms with van der Waals surface area (Å²) in [6.45, 7) is 4.30. The van der Waals surface area contributed by atoms with E-state index >= 15 is 0 Å². The first-order valence-corrected chi connectivity index (χ1v) is 11.3. The molecule has 0 fully saturated rings. The number of nitrogens with one attached hydrogen (secondary N) is 1. The number of carbonyl (C=O) groups is 1. The Labute approximate surface area is 191 Å². The van der Waals surface area contributed by atoms with Crippen LogP contribution in [0, 0.1) is 13.8 Å². The van der Waals surface area contributed by atoms with Crippen molar-refractivity contribution in [3.8, 4) is 11.4 Å². The predicted octanol–water partition coefficient (Wildman–Crippen LogP) is 5.19. The first kappa shape index (κ1) is 21.6. The summed E-state index contributed by atoms with van der Waals surface area (Å²) in [5, 5.41) is 12.3. The van der Waals surface area contributed by atoms with E-state index in [1.807, 2.05) is 97.3 Å². The van der Waals surface area contributed by atoms with Gasteiger partial charge in [0.2, 0.25) is 5.91 Å². The molecular weight excluding hydrogens is 420 g/mol. The third-order valence-electron chi connectivity index (χ3n) is 4.80. The first-order valence-electron chi connectivity index (χ1n) is 10.3. The van der Waals surface area contributed by atoms with Gasteiger partial charge in [-0.25, -0.2) is 0 Å². The molecule has 0 aliphatic heterocycles. The number of aromatic nitrogens is 3. The lowest BCUT2D eigenvalue weighted by molar-refractivity contribution is -0.113. The van der Waals surface area contributed by atoms with E-state index in [-0.39, 0.29) is 18.3 Å². The van der Waals surface area contributed by atoms with Crippen molar-refractivity contribution in [1.82, 2.24) is 14.8 Å². The zero-order valence-corrected chi connectivity index (χ0v) is 18.8. The average Bonchev–Trinajstić information content (AvgIpc) is 3.20. The maximum atomic E-state index is 12.5. The van der Waals surface area contributed by atoms with Crippen molar-refractivity contribution in [1.29, 1.82) is 0 Å². The normalized spacial score (nSPS) is 10.7. The number of hydrogen-bond acceptors (Lipinski definition) is 5. The Morgan fingerprint density at radius 2 is 1.75 bits per heavy atom. The van der Waals surface area contributed by atoms with Crippen molar-refractivity contribution in [2.24, 2.45) is 0 Å². The summed E-state index contributed by atoms with van der Waals surface area (Å²) in [7, 11) is 0. The number of anilines is 1. The molecule has 4 aromatic rings. The quantitative estimate of drug-likeness (QED) is 0.379. The number of nitrogens with zero attached hydrogens (tertiary/aromatic N) is 3. The van der Waals surface area contributed by atoms with Crippen molar-refractivity contribution in [3.05, 3.63) is 95.8 Å². The highest BCUT2D eigenvalue weighted by atomic mass is 32.2. The molecule has 7 heteroatoms. The molecule has 0 spiro atoms. The van der Waals surface area contributed by atoms with Crippen molar-refractivity contribution >= 4 is 23.4 Å². The second-order valence-corrected chi connectivity index (χ2v) is 8.27. The highest BCUT2D eigenvalue weighted by molar-refractivity contribution is 7.99. The van der Waals surface area contributed by atoms with Crippen LogP contribution < -0.4 is 10.1 Å². The minimum Gasteiger partial charge on any atom is -0.486 e. The molecule has 1 heterocycles. The number of benzene rings is 3. The standard InChI is InChI=1S/C25H24N4O2S/c1-18-9-8-11-20(15-18)26-24(30)17-32-25-28-27-23(16-31-21-12-4-3-5-13-21)29(25)22-14-7-6-10-19(22)2/h3-15H,16-17H2,1-2H3,(H,26,30). The summed E-state index contributed by atoms with van der Waals surface area (Å²) in [5.41, 5.74) is 3.93. The maximum Gasteiger partial charge on any atom is 0.234 e. The van der Waals surface area contributed by atoms with Gasteiger partial charge in [-0.15, -0.1) is 10.2 Å². The third kappa shape index (κ3) is 5.36. The lowest BCUT2D eigenvalue weighted by Crippen LogP contribution is -2.15. The smallest absolute Gasteiger partial charge is 0.234 e. The zero-order valence-electron chi connectivity index (χ0n) is 18.0. The molecule has 1 aromatic heterocycles. The fraction of sp³-hybridized carbons (Fsp3) is 0.160. The van der Waals surface area contributed by atoms with Crippen molar-refractivity contribution in [3.63, 3.8) is 0 Å². The number of para-hydroxylation sites is 2. The highest BCUT2D eigenvalue weighted by Gasteiger charge is 2.18. The lowest BCUT2D eigenvalue weighted by atomic mass is 10.2. The van der Waals surface area contributed by atoms with Crippen LogP contribution in [0.25, 0.3) is 5.69 Å². The molecule has 4 rings (SSSR count). The topological polar surface area (TPSA) is 69.0 Å². The third-order valence-corrected chi connectivity index (χ3v) is 5.73. The molecular formula is C25H24N4O2S. The van der Waals surface area contributed by atoms with Crippen LogP contribution in [0.5, 0.6) is 5.75 Å². The molecule has 0 unspecified atom stereocenters. The number of hydrogen-bond donors (Lipinski definition) is 1. The largest absolute Gasteiger partial charge is 0.486 e. The fourth-order valence-electron chi connectivity index (χ4n) is 3.26. The minimum atomic E-state index is -0.0954. The van der Waals surface area contributed by atoms with Crippen molar-refractivity contribution in [2.75, 3.05) is 11.1 Å². The van der Waals surface area contributed by atoms with Gasteiger partial charge in [0.05, 0.1) is 11.4 Å². The summed E-state index contributed by atoms with van der Waals surface area (Å²) < 4.78 is 7.87. The summed E-state index contributed by atoms with van der Waals surface area (Å²) in [4.78, 5) is 12.5. The monoisotopic (exact) mass is 444 g/mol. The molecule has 0 aliphatic carbocycles. The minimum absolute atomic E-state index is 0.0954. The Kier molecular flexibility index (Phi) is 6.87. The van der Waals surface area contributed by atoms with Crippen LogP contribution in [0.4, 0.5) is 5.69 Å². The van der Waals surface area contributed by atoms with E-state index in [4.69, 9.17) is 4.74 Å². The summed E-state index contributed by atoms with van der Waals surface area (Å²) in [6, 6.07) is 25.4. The first-order chi connectivity index (χ1) is 15.6. The average molecular weight is 445 g/mol. The molecule has 0 aliphatic rings. The van der Waals surface area contributed by atoms with Crippen LogP contribution in [0.3, 0.4) is 0 Å². The van der Waals surface area contributed by atoms with Crippen molar-refractivity contribution in [2.45, 2.75) is 25.6 Å². The van der Waals surface area contributed by atoms with Gasteiger partial charge in [0.15, 0.2) is 11.0 Å². The number of thioether (sulfide) groups is 1. The Balaban J connectivity index is 1.52. The molecule has 1 N–H and O–H groups in total. The van der Waals surface area contributed by atoms with Gasteiger partial charge in [-0.1, -0.05) is 60.3 Å². The van der Waals surface area contributed by atoms with Gasteiger partial charge in [-0.3, -0.25) is 9.36 Å². The van der Waals surface area contributed by atoms with Crippen LogP contribution >= 0.6 is 11.8 Å². The second kappa shape index (κ2) is 10.2. The van der Waals surface area contributed by atoms with Gasteiger partial charge in [-0.05, 0) is 55.3 Å². The molecule has 0 bridgehead atoms. The Bertz CT molecular complexity index is 1210. The van der Waals surface area contributed by atoms with Crippen LogP contribution in [-0.2, 0) is 11.4 Å². The van der Waals surface area contributed by atoms with Gasteiger partial charge in [0, 0.05) is 5.69 Å². The van der Waals surface area contributed by atoms with E-state index in [1.165, 1.54) is 11.8 Å². The lowest BCUT2D eigenvalue weighted by Gasteiger charge is -2.13. The van der Waals surface area contributed by atoms with E-state index in [2.05, 4.69) is 15.5 Å².